The second kappa shape index (κ2) is 5.86. The van der Waals surface area contributed by atoms with Crippen LogP contribution in [0, 0.1) is 5.92 Å². The Morgan fingerprint density at radius 1 is 1.54 bits per heavy atom. The van der Waals surface area contributed by atoms with E-state index in [4.69, 9.17) is 15.2 Å². The maximum Gasteiger partial charge on any atom is 0.303 e. The summed E-state index contributed by atoms with van der Waals surface area (Å²) in [6, 6.07) is 0. The summed E-state index contributed by atoms with van der Waals surface area (Å²) < 4.78 is 13.6. The molecule has 1 fully saturated rings. The van der Waals surface area contributed by atoms with Crippen molar-refractivity contribution in [2.75, 3.05) is 5.73 Å². The van der Waals surface area contributed by atoms with Gasteiger partial charge in [0.05, 0.1) is 11.9 Å². The third-order valence-electron chi connectivity index (χ3n) is 4.75. The van der Waals surface area contributed by atoms with Gasteiger partial charge in [0.1, 0.15) is 11.8 Å². The molecule has 3 rings (SSSR count). The van der Waals surface area contributed by atoms with Crippen molar-refractivity contribution in [3.05, 3.63) is 25.3 Å². The van der Waals surface area contributed by atoms with Gasteiger partial charge < -0.3 is 15.2 Å². The van der Waals surface area contributed by atoms with Crippen LogP contribution < -0.4 is 5.73 Å². The molecule has 0 radical (unpaired) electrons. The monoisotopic (exact) mass is 331 g/mol. The van der Waals surface area contributed by atoms with Crippen LogP contribution >= 0.6 is 0 Å². The number of hydrogen-bond acceptors (Lipinski definition) is 7. The van der Waals surface area contributed by atoms with E-state index < -0.39 is 17.9 Å². The summed E-state index contributed by atoms with van der Waals surface area (Å²) >= 11 is 0. The van der Waals surface area contributed by atoms with Crippen molar-refractivity contribution < 1.29 is 14.3 Å². The number of aromatic nitrogens is 4. The Kier molecular flexibility index (Phi) is 4.00. The van der Waals surface area contributed by atoms with Crippen molar-refractivity contribution in [3.8, 4) is 0 Å². The maximum absolute atomic E-state index is 11.6. The molecule has 0 aromatic carbocycles. The number of imidazole rings is 1. The number of carbonyl (C=O) groups is 1. The van der Waals surface area contributed by atoms with E-state index in [1.54, 1.807) is 17.0 Å². The normalized spacial score (nSPS) is 29.7. The average Bonchev–Trinajstić information content (AvgIpc) is 3.09. The molecule has 0 spiro atoms. The number of carbonyl (C=O) groups excluding carboxylic acids is 1. The quantitative estimate of drug-likeness (QED) is 0.673. The molecule has 3 heterocycles. The molecule has 4 atom stereocenters. The highest BCUT2D eigenvalue weighted by Gasteiger charge is 2.53. The zero-order valence-electron chi connectivity index (χ0n) is 14.0. The third kappa shape index (κ3) is 2.34. The fraction of sp³-hybridized carbons (Fsp3) is 0.500. The number of hydrogen-bond donors (Lipinski definition) is 1. The number of nitrogen functional groups attached to an aromatic ring is 1. The molecular formula is C16H21N5O3. The van der Waals surface area contributed by atoms with E-state index in [0.717, 1.165) is 0 Å². The highest BCUT2D eigenvalue weighted by Crippen LogP contribution is 2.46. The molecule has 1 saturated heterocycles. The Morgan fingerprint density at radius 2 is 2.29 bits per heavy atom. The van der Waals surface area contributed by atoms with E-state index in [0.29, 0.717) is 23.4 Å². The Hall–Kier alpha value is -2.48. The van der Waals surface area contributed by atoms with Crippen molar-refractivity contribution in [2.45, 2.75) is 45.1 Å². The van der Waals surface area contributed by atoms with Gasteiger partial charge in [-0.2, -0.15) is 0 Å². The first-order valence-corrected chi connectivity index (χ1v) is 7.85. The standard InChI is InChI=1S/C16H21N5O3/c1-5-16(6-2)9(3)12(23-10(4)22)15(24-16)21-8-20-11-13(17)18-7-19-14(11)21/h5,7-9,12,15H,1,6H2,2-4H3,(H2,17,18,19)/t9-,12+,15+,16+/m0/s1. The third-order valence-corrected chi connectivity index (χ3v) is 4.75. The highest BCUT2D eigenvalue weighted by molar-refractivity contribution is 5.81. The van der Waals surface area contributed by atoms with Gasteiger partial charge in [-0.3, -0.25) is 9.36 Å². The van der Waals surface area contributed by atoms with Crippen molar-refractivity contribution in [1.82, 2.24) is 19.5 Å². The minimum atomic E-state index is -0.597. The summed E-state index contributed by atoms with van der Waals surface area (Å²) in [5, 5.41) is 0. The van der Waals surface area contributed by atoms with Crippen molar-refractivity contribution in [1.29, 1.82) is 0 Å². The van der Waals surface area contributed by atoms with Gasteiger partial charge in [0, 0.05) is 12.8 Å². The lowest BCUT2D eigenvalue weighted by Gasteiger charge is -2.28. The Labute approximate surface area is 139 Å². The number of esters is 1. The summed E-state index contributed by atoms with van der Waals surface area (Å²) in [4.78, 5) is 24.0. The van der Waals surface area contributed by atoms with Crippen LogP contribution in [0.3, 0.4) is 0 Å². The Morgan fingerprint density at radius 3 is 2.92 bits per heavy atom. The number of fused-ring (bicyclic) bond motifs is 1. The average molecular weight is 331 g/mol. The van der Waals surface area contributed by atoms with Gasteiger partial charge in [-0.25, -0.2) is 15.0 Å². The lowest BCUT2D eigenvalue weighted by molar-refractivity contribution is -0.153. The van der Waals surface area contributed by atoms with Crippen LogP contribution in [0.5, 0.6) is 0 Å². The molecule has 0 unspecified atom stereocenters. The summed E-state index contributed by atoms with van der Waals surface area (Å²) in [7, 11) is 0. The van der Waals surface area contributed by atoms with E-state index in [1.807, 2.05) is 13.8 Å². The summed E-state index contributed by atoms with van der Waals surface area (Å²) in [5.74, 6) is -0.153. The first-order valence-electron chi connectivity index (χ1n) is 7.85. The van der Waals surface area contributed by atoms with Crippen LogP contribution in [0.1, 0.15) is 33.4 Å². The van der Waals surface area contributed by atoms with Crippen LogP contribution in [-0.2, 0) is 14.3 Å². The molecule has 8 nitrogen and oxygen atoms in total. The molecule has 2 aromatic heterocycles. The minimum Gasteiger partial charge on any atom is -0.457 e. The van der Waals surface area contributed by atoms with Crippen molar-refractivity contribution in [3.63, 3.8) is 0 Å². The van der Waals surface area contributed by atoms with Gasteiger partial charge in [0.15, 0.2) is 23.8 Å². The van der Waals surface area contributed by atoms with Gasteiger partial charge in [-0.1, -0.05) is 19.9 Å². The Bertz CT molecular complexity index is 789. The number of nitrogens with two attached hydrogens (primary N) is 1. The van der Waals surface area contributed by atoms with Crippen LogP contribution in [0.2, 0.25) is 0 Å². The lowest BCUT2D eigenvalue weighted by Crippen LogP contribution is -2.35. The van der Waals surface area contributed by atoms with E-state index in [2.05, 4.69) is 21.5 Å². The first-order chi connectivity index (χ1) is 11.4. The second-order valence-electron chi connectivity index (χ2n) is 5.97. The zero-order chi connectivity index (χ0) is 17.5. The lowest BCUT2D eigenvalue weighted by atomic mass is 9.85. The molecule has 1 aliphatic rings. The molecule has 128 valence electrons. The molecule has 0 amide bonds. The van der Waals surface area contributed by atoms with Crippen LogP contribution in [0.4, 0.5) is 5.82 Å². The molecule has 1 aliphatic heterocycles. The second-order valence-corrected chi connectivity index (χ2v) is 5.97. The van der Waals surface area contributed by atoms with E-state index in [1.165, 1.54) is 13.3 Å². The SMILES string of the molecule is C=C[C@]1(CC)O[C@@H](n2cnc3c(N)ncnc32)[C@H](OC(C)=O)[C@@H]1C. The molecule has 8 heteroatoms. The summed E-state index contributed by atoms with van der Waals surface area (Å²) in [6.07, 6.45) is 4.37. The molecule has 0 bridgehead atoms. The summed E-state index contributed by atoms with van der Waals surface area (Å²) in [5.41, 5.74) is 6.27. The maximum atomic E-state index is 11.6. The van der Waals surface area contributed by atoms with Crippen LogP contribution in [-0.4, -0.2) is 37.2 Å². The predicted octanol–water partition coefficient (Wildman–Crippen LogP) is 1.84. The first kappa shape index (κ1) is 16.4. The molecule has 24 heavy (non-hydrogen) atoms. The smallest absolute Gasteiger partial charge is 0.303 e. The van der Waals surface area contributed by atoms with Gasteiger partial charge in [-0.15, -0.1) is 6.58 Å². The number of rotatable bonds is 4. The van der Waals surface area contributed by atoms with Gasteiger partial charge >= 0.3 is 5.97 Å². The Balaban J connectivity index is 2.10. The molecule has 2 N–H and O–H groups in total. The highest BCUT2D eigenvalue weighted by atomic mass is 16.6. The predicted molar refractivity (Wildman–Crippen MR) is 87.8 cm³/mol. The molecule has 0 aliphatic carbocycles. The zero-order valence-corrected chi connectivity index (χ0v) is 14.0. The van der Waals surface area contributed by atoms with Crippen LogP contribution in [0.25, 0.3) is 11.2 Å². The fourth-order valence-corrected chi connectivity index (χ4v) is 3.33. The van der Waals surface area contributed by atoms with Crippen molar-refractivity contribution in [2.24, 2.45) is 5.92 Å². The number of ether oxygens (including phenoxy) is 2. The number of nitrogens with zero attached hydrogens (tertiary/aromatic N) is 4. The van der Waals surface area contributed by atoms with E-state index >= 15 is 0 Å². The fourth-order valence-electron chi connectivity index (χ4n) is 3.33. The van der Waals surface area contributed by atoms with E-state index in [-0.39, 0.29) is 11.9 Å². The van der Waals surface area contributed by atoms with E-state index in [9.17, 15) is 4.79 Å². The van der Waals surface area contributed by atoms with Crippen molar-refractivity contribution >= 4 is 23.0 Å². The van der Waals surface area contributed by atoms with Gasteiger partial charge in [0.2, 0.25) is 0 Å². The summed E-state index contributed by atoms with van der Waals surface area (Å²) in [6.45, 7) is 9.29. The minimum absolute atomic E-state index is 0.0782. The van der Waals surface area contributed by atoms with Crippen LogP contribution in [0.15, 0.2) is 25.3 Å². The number of anilines is 1. The topological polar surface area (TPSA) is 105 Å². The van der Waals surface area contributed by atoms with Gasteiger partial charge in [-0.05, 0) is 6.42 Å². The van der Waals surface area contributed by atoms with Gasteiger partial charge in [0.25, 0.3) is 0 Å². The molecular weight excluding hydrogens is 310 g/mol. The molecule has 0 saturated carbocycles. The largest absolute Gasteiger partial charge is 0.457 e. The molecule has 2 aromatic rings.